The zero-order valence-corrected chi connectivity index (χ0v) is 22.8. The summed E-state index contributed by atoms with van der Waals surface area (Å²) in [5, 5.41) is 10.2. The van der Waals surface area contributed by atoms with Crippen LogP contribution in [0.5, 0.6) is 5.75 Å². The highest BCUT2D eigenvalue weighted by molar-refractivity contribution is 6.32. The number of aromatic hydroxyl groups is 1. The van der Waals surface area contributed by atoms with Gasteiger partial charge in [-0.1, -0.05) is 43.5 Å². The van der Waals surface area contributed by atoms with Crippen molar-refractivity contribution in [3.8, 4) is 5.75 Å². The summed E-state index contributed by atoms with van der Waals surface area (Å²) in [4.78, 5) is 32.6. The molecule has 2 aromatic rings. The number of aromatic nitrogens is 1. The molecule has 4 atom stereocenters. The molecule has 3 aliphatic rings. The fourth-order valence-electron chi connectivity index (χ4n) is 6.45. The number of fused-ring (bicyclic) bond motifs is 3. The maximum Gasteiger partial charge on any atom is 0.233 e. The molecule has 1 aromatic heterocycles. The molecule has 38 heavy (non-hydrogen) atoms. The topological polar surface area (TPSA) is 79.7 Å². The van der Waals surface area contributed by atoms with E-state index in [2.05, 4.69) is 11.9 Å². The number of imide groups is 1. The molecular formula is C31H35ClN2O4. The van der Waals surface area contributed by atoms with Crippen LogP contribution in [-0.4, -0.2) is 46.1 Å². The van der Waals surface area contributed by atoms with E-state index in [0.717, 1.165) is 42.5 Å². The molecule has 5 rings (SSSR count). The SMILES string of the molecule is CCCC1=C2[C@@H](CC/C(=C/c3ccc(O)cc3Cl)c3ccccn3)OC[C@@H]2[C@@H]2C(=O)N(CCC)C(=O)[C@@H]2C1. The molecule has 0 radical (unpaired) electrons. The van der Waals surface area contributed by atoms with Crippen LogP contribution < -0.4 is 0 Å². The monoisotopic (exact) mass is 534 g/mol. The van der Waals surface area contributed by atoms with Crippen LogP contribution in [0.2, 0.25) is 5.02 Å². The molecule has 6 nitrogen and oxygen atoms in total. The highest BCUT2D eigenvalue weighted by Gasteiger charge is 2.56. The lowest BCUT2D eigenvalue weighted by atomic mass is 9.68. The van der Waals surface area contributed by atoms with Gasteiger partial charge in [0.2, 0.25) is 11.8 Å². The van der Waals surface area contributed by atoms with Gasteiger partial charge >= 0.3 is 0 Å². The molecule has 3 heterocycles. The van der Waals surface area contributed by atoms with Crippen LogP contribution in [0.1, 0.15) is 63.6 Å². The molecule has 2 aliphatic heterocycles. The van der Waals surface area contributed by atoms with E-state index in [-0.39, 0.29) is 41.4 Å². The van der Waals surface area contributed by atoms with E-state index in [1.54, 1.807) is 18.3 Å². The van der Waals surface area contributed by atoms with Gasteiger partial charge in [0.1, 0.15) is 5.75 Å². The van der Waals surface area contributed by atoms with Gasteiger partial charge < -0.3 is 9.84 Å². The first kappa shape index (κ1) is 26.6. The van der Waals surface area contributed by atoms with Crippen LogP contribution in [0.3, 0.4) is 0 Å². The van der Waals surface area contributed by atoms with Gasteiger partial charge in [0.15, 0.2) is 0 Å². The molecule has 0 bridgehead atoms. The second kappa shape index (κ2) is 11.4. The number of phenols is 1. The lowest BCUT2D eigenvalue weighted by molar-refractivity contribution is -0.140. The number of phenolic OH excluding ortho intramolecular Hbond substituents is 1. The first-order valence-electron chi connectivity index (χ1n) is 13.7. The first-order chi connectivity index (χ1) is 18.4. The van der Waals surface area contributed by atoms with Crippen LogP contribution in [0.4, 0.5) is 0 Å². The average molecular weight is 535 g/mol. The number of allylic oxidation sites excluding steroid dienone is 2. The minimum absolute atomic E-state index is 0.00380. The molecule has 7 heteroatoms. The Bertz CT molecular complexity index is 1270. The minimum atomic E-state index is -0.295. The Labute approximate surface area is 229 Å². The zero-order chi connectivity index (χ0) is 26.8. The number of hydrogen-bond acceptors (Lipinski definition) is 5. The summed E-state index contributed by atoms with van der Waals surface area (Å²) in [6.07, 6.45) is 8.52. The van der Waals surface area contributed by atoms with Gasteiger partial charge in [-0.2, -0.15) is 0 Å². The molecule has 0 saturated carbocycles. The molecular weight excluding hydrogens is 500 g/mol. The van der Waals surface area contributed by atoms with Crippen molar-refractivity contribution in [3.05, 3.63) is 70.0 Å². The smallest absolute Gasteiger partial charge is 0.233 e. The van der Waals surface area contributed by atoms with Crippen molar-refractivity contribution < 1.29 is 19.4 Å². The third kappa shape index (κ3) is 5.04. The van der Waals surface area contributed by atoms with Crippen molar-refractivity contribution in [1.82, 2.24) is 9.88 Å². The van der Waals surface area contributed by atoms with Crippen LogP contribution in [0.25, 0.3) is 11.6 Å². The molecule has 0 unspecified atom stereocenters. The second-order valence-corrected chi connectivity index (χ2v) is 10.9. The van der Waals surface area contributed by atoms with Crippen molar-refractivity contribution in [2.24, 2.45) is 17.8 Å². The Morgan fingerprint density at radius 1 is 1.16 bits per heavy atom. The third-order valence-corrected chi connectivity index (χ3v) is 8.41. The molecule has 1 N–H and O–H groups in total. The van der Waals surface area contributed by atoms with Crippen molar-refractivity contribution in [3.63, 3.8) is 0 Å². The number of rotatable bonds is 9. The Morgan fingerprint density at radius 2 is 2.00 bits per heavy atom. The second-order valence-electron chi connectivity index (χ2n) is 10.5. The summed E-state index contributed by atoms with van der Waals surface area (Å²) in [5.41, 5.74) is 5.27. The Morgan fingerprint density at radius 3 is 2.71 bits per heavy atom. The third-order valence-electron chi connectivity index (χ3n) is 8.08. The summed E-state index contributed by atoms with van der Waals surface area (Å²) in [6, 6.07) is 10.8. The van der Waals surface area contributed by atoms with Gasteiger partial charge in [-0.15, -0.1) is 0 Å². The van der Waals surface area contributed by atoms with Crippen molar-refractivity contribution in [2.45, 2.75) is 58.5 Å². The highest BCUT2D eigenvalue weighted by Crippen LogP contribution is 2.51. The number of benzene rings is 1. The molecule has 200 valence electrons. The van der Waals surface area contributed by atoms with E-state index in [4.69, 9.17) is 16.3 Å². The molecule has 1 aromatic carbocycles. The van der Waals surface area contributed by atoms with Gasteiger partial charge in [0.25, 0.3) is 0 Å². The number of carbonyl (C=O) groups is 2. The summed E-state index contributed by atoms with van der Waals surface area (Å²) < 4.78 is 6.39. The maximum absolute atomic E-state index is 13.3. The van der Waals surface area contributed by atoms with Crippen LogP contribution in [0.15, 0.2) is 53.7 Å². The molecule has 1 aliphatic carbocycles. The van der Waals surface area contributed by atoms with E-state index in [0.29, 0.717) is 31.0 Å². The number of amides is 2. The summed E-state index contributed by atoms with van der Waals surface area (Å²) in [6.45, 7) is 5.15. The van der Waals surface area contributed by atoms with E-state index >= 15 is 0 Å². The van der Waals surface area contributed by atoms with Gasteiger partial charge in [-0.05, 0) is 85.2 Å². The molecule has 0 spiro atoms. The van der Waals surface area contributed by atoms with Crippen molar-refractivity contribution >= 4 is 35.1 Å². The number of pyridine rings is 1. The Balaban J connectivity index is 1.43. The number of nitrogens with zero attached hydrogens (tertiary/aromatic N) is 2. The van der Waals surface area contributed by atoms with Gasteiger partial charge in [-0.25, -0.2) is 0 Å². The summed E-state index contributed by atoms with van der Waals surface area (Å²) >= 11 is 6.42. The number of hydrogen-bond donors (Lipinski definition) is 1. The molecule has 2 saturated heterocycles. The largest absolute Gasteiger partial charge is 0.508 e. The highest BCUT2D eigenvalue weighted by atomic mass is 35.5. The number of carbonyl (C=O) groups excluding carboxylic acids is 2. The predicted octanol–water partition coefficient (Wildman–Crippen LogP) is 6.29. The first-order valence-corrected chi connectivity index (χ1v) is 14.1. The van der Waals surface area contributed by atoms with Gasteiger partial charge in [0.05, 0.1) is 35.3 Å². The van der Waals surface area contributed by atoms with E-state index in [9.17, 15) is 14.7 Å². The van der Waals surface area contributed by atoms with E-state index < -0.39 is 0 Å². The van der Waals surface area contributed by atoms with Crippen LogP contribution in [-0.2, 0) is 14.3 Å². The van der Waals surface area contributed by atoms with Crippen LogP contribution >= 0.6 is 11.6 Å². The van der Waals surface area contributed by atoms with Crippen molar-refractivity contribution in [1.29, 1.82) is 0 Å². The van der Waals surface area contributed by atoms with E-state index in [1.165, 1.54) is 22.1 Å². The Kier molecular flexibility index (Phi) is 8.01. The molecule has 2 amide bonds. The quantitative estimate of drug-likeness (QED) is 0.302. The number of halogens is 1. The normalized spacial score (nSPS) is 25.2. The maximum atomic E-state index is 13.3. The lowest BCUT2D eigenvalue weighted by Crippen LogP contribution is -2.34. The standard InChI is InChI=1S/C31H35ClN2O4/c1-3-7-21-16-23-29(31(37)34(14-4-2)30(23)36)24-18-38-27(28(21)24)12-10-20(26-8-5-6-13-33-26)15-19-9-11-22(35)17-25(19)32/h5-6,8-9,11,13,15,17,23-24,27,29,35H,3-4,7,10,12,14,16,18H2,1-2H3/b20-15-/t23-,24+,27-,29-/m1/s1. The fraction of sp³-hybridized carbons (Fsp3) is 0.452. The zero-order valence-electron chi connectivity index (χ0n) is 22.0. The number of likely N-dealkylation sites (tertiary alicyclic amines) is 1. The van der Waals surface area contributed by atoms with Gasteiger partial charge in [-0.3, -0.25) is 19.5 Å². The fourth-order valence-corrected chi connectivity index (χ4v) is 6.68. The van der Waals surface area contributed by atoms with Crippen LogP contribution in [0, 0.1) is 17.8 Å². The lowest BCUT2D eigenvalue weighted by Gasteiger charge is -2.32. The summed E-state index contributed by atoms with van der Waals surface area (Å²) in [5.74, 6) is -0.444. The minimum Gasteiger partial charge on any atom is -0.508 e. The predicted molar refractivity (Wildman–Crippen MR) is 148 cm³/mol. The van der Waals surface area contributed by atoms with Gasteiger partial charge in [0, 0.05) is 18.7 Å². The summed E-state index contributed by atoms with van der Waals surface area (Å²) in [7, 11) is 0. The van der Waals surface area contributed by atoms with Crippen molar-refractivity contribution in [2.75, 3.05) is 13.2 Å². The van der Waals surface area contributed by atoms with E-state index in [1.807, 2.05) is 31.2 Å². The Hall–Kier alpha value is -2.96. The number of ether oxygens (including phenoxy) is 1. The molecule has 2 fully saturated rings. The average Bonchev–Trinajstić information content (AvgIpc) is 3.43.